The molecule has 1 aromatic heterocycles. The molecule has 1 unspecified atom stereocenters. The molecule has 3 aromatic rings. The molecule has 0 fully saturated rings. The van der Waals surface area contributed by atoms with Crippen LogP contribution in [0.4, 0.5) is 5.69 Å². The van der Waals surface area contributed by atoms with Gasteiger partial charge in [0.25, 0.3) is 5.56 Å². The van der Waals surface area contributed by atoms with E-state index in [1.807, 2.05) is 30.3 Å². The zero-order valence-electron chi connectivity index (χ0n) is 17.0. The van der Waals surface area contributed by atoms with Crippen LogP contribution >= 0.6 is 23.4 Å². The van der Waals surface area contributed by atoms with Crippen LogP contribution in [0.5, 0.6) is 0 Å². The predicted octanol–water partition coefficient (Wildman–Crippen LogP) is 4.66. The summed E-state index contributed by atoms with van der Waals surface area (Å²) in [6.45, 7) is 6.04. The smallest absolute Gasteiger partial charge is 0.262 e. The Hall–Kier alpha value is -3.08. The number of amides is 1. The minimum atomic E-state index is -0.543. The monoisotopic (exact) mass is 452 g/mol. The molecule has 31 heavy (non-hydrogen) atoms. The van der Waals surface area contributed by atoms with Gasteiger partial charge in [-0.05, 0) is 37.3 Å². The summed E-state index contributed by atoms with van der Waals surface area (Å²) in [7, 11) is 0. The van der Waals surface area contributed by atoms with Crippen molar-refractivity contribution in [3.63, 3.8) is 0 Å². The average Bonchev–Trinajstić information content (AvgIpc) is 2.77. The number of carbonyl (C=O) groups excluding carboxylic acids is 1. The summed E-state index contributed by atoms with van der Waals surface area (Å²) in [5, 5.41) is 9.81. The van der Waals surface area contributed by atoms with E-state index < -0.39 is 5.25 Å². The predicted molar refractivity (Wildman–Crippen MR) is 126 cm³/mol. The van der Waals surface area contributed by atoms with Crippen LogP contribution in [0.1, 0.15) is 13.3 Å². The lowest BCUT2D eigenvalue weighted by Gasteiger charge is -2.25. The zero-order valence-corrected chi connectivity index (χ0v) is 18.6. The van der Waals surface area contributed by atoms with E-state index in [2.05, 4.69) is 17.6 Å². The molecule has 0 N–H and O–H groups in total. The second-order valence-corrected chi connectivity index (χ2v) is 8.50. The molecule has 158 valence electrons. The third-order valence-electron chi connectivity index (χ3n) is 4.61. The van der Waals surface area contributed by atoms with Gasteiger partial charge in [0.05, 0.1) is 28.6 Å². The number of fused-ring (bicyclic) bond motifs is 1. The molecule has 0 saturated carbocycles. The Morgan fingerprint density at radius 2 is 2.10 bits per heavy atom. The van der Waals surface area contributed by atoms with Crippen molar-refractivity contribution in [3.05, 3.63) is 76.6 Å². The minimum Gasteiger partial charge on any atom is -0.310 e. The summed E-state index contributed by atoms with van der Waals surface area (Å²) in [4.78, 5) is 32.4. The van der Waals surface area contributed by atoms with E-state index in [0.717, 1.165) is 5.69 Å². The second kappa shape index (κ2) is 10.3. The number of thioether (sulfide) groups is 1. The molecule has 0 aliphatic carbocycles. The van der Waals surface area contributed by atoms with Crippen LogP contribution < -0.4 is 10.5 Å². The van der Waals surface area contributed by atoms with Crippen molar-refractivity contribution in [1.82, 2.24) is 9.55 Å². The maximum absolute atomic E-state index is 13.3. The molecule has 1 atom stereocenters. The maximum atomic E-state index is 13.3. The number of hydrogen-bond donors (Lipinski definition) is 0. The van der Waals surface area contributed by atoms with Gasteiger partial charge in [0.2, 0.25) is 5.91 Å². The molecule has 0 bridgehead atoms. The Kier molecular flexibility index (Phi) is 7.50. The molecule has 0 aliphatic heterocycles. The van der Waals surface area contributed by atoms with Gasteiger partial charge in [0.1, 0.15) is 0 Å². The van der Waals surface area contributed by atoms with Crippen molar-refractivity contribution < 1.29 is 4.79 Å². The molecular formula is C23H21ClN4O2S. The Balaban J connectivity index is 1.97. The van der Waals surface area contributed by atoms with Crippen LogP contribution in [0.3, 0.4) is 0 Å². The molecule has 0 aliphatic rings. The van der Waals surface area contributed by atoms with E-state index >= 15 is 0 Å². The van der Waals surface area contributed by atoms with Gasteiger partial charge in [-0.25, -0.2) is 4.98 Å². The van der Waals surface area contributed by atoms with Crippen molar-refractivity contribution in [2.45, 2.75) is 30.3 Å². The van der Waals surface area contributed by atoms with Crippen LogP contribution in [-0.4, -0.2) is 27.3 Å². The fourth-order valence-corrected chi connectivity index (χ4v) is 4.26. The number of hydrogen-bond acceptors (Lipinski definition) is 5. The first kappa shape index (κ1) is 22.6. The van der Waals surface area contributed by atoms with Crippen LogP contribution in [0.25, 0.3) is 10.9 Å². The first-order valence-electron chi connectivity index (χ1n) is 9.67. The lowest BCUT2D eigenvalue weighted by molar-refractivity contribution is -0.117. The van der Waals surface area contributed by atoms with Crippen LogP contribution in [0.2, 0.25) is 5.02 Å². The number of allylic oxidation sites excluding steroid dienone is 1. The fourth-order valence-electron chi connectivity index (χ4n) is 3.12. The van der Waals surface area contributed by atoms with E-state index in [4.69, 9.17) is 16.9 Å². The molecule has 1 amide bonds. The van der Waals surface area contributed by atoms with Gasteiger partial charge in [-0.3, -0.25) is 14.2 Å². The first-order valence-corrected chi connectivity index (χ1v) is 10.9. The van der Waals surface area contributed by atoms with Gasteiger partial charge in [0.15, 0.2) is 5.16 Å². The standard InChI is InChI=1S/C23H21ClN4O2S/c1-3-13-28-22(30)19-11-10-17(24)15-20(19)26-23(28)31-16(2)21(29)27(14-7-12-25)18-8-5-4-6-9-18/h3-6,8-11,15-16H,1,7,13-14H2,2H3. The third-order valence-corrected chi connectivity index (χ3v) is 5.92. The van der Waals surface area contributed by atoms with Crippen molar-refractivity contribution in [1.29, 1.82) is 5.26 Å². The number of para-hydroxylation sites is 1. The van der Waals surface area contributed by atoms with Crippen molar-refractivity contribution in [2.24, 2.45) is 0 Å². The average molecular weight is 453 g/mol. The molecule has 3 rings (SSSR count). The lowest BCUT2D eigenvalue weighted by Crippen LogP contribution is -2.37. The molecule has 2 aromatic carbocycles. The number of rotatable bonds is 8. The largest absolute Gasteiger partial charge is 0.310 e. The lowest BCUT2D eigenvalue weighted by atomic mass is 10.2. The number of carbonyl (C=O) groups is 1. The Morgan fingerprint density at radius 3 is 2.77 bits per heavy atom. The van der Waals surface area contributed by atoms with Crippen molar-refractivity contribution >= 4 is 45.9 Å². The SMILES string of the molecule is C=CCn1c(SC(C)C(=O)N(CCC#N)c2ccccc2)nc2cc(Cl)ccc2c1=O. The fraction of sp³-hybridized carbons (Fsp3) is 0.217. The van der Waals surface area contributed by atoms with Gasteiger partial charge >= 0.3 is 0 Å². The Morgan fingerprint density at radius 1 is 1.35 bits per heavy atom. The molecule has 0 saturated heterocycles. The number of aromatic nitrogens is 2. The summed E-state index contributed by atoms with van der Waals surface area (Å²) in [6, 6.07) is 16.2. The molecule has 0 radical (unpaired) electrons. The van der Waals surface area contributed by atoms with Crippen molar-refractivity contribution in [3.8, 4) is 6.07 Å². The van der Waals surface area contributed by atoms with Crippen LogP contribution in [0, 0.1) is 11.3 Å². The summed E-state index contributed by atoms with van der Waals surface area (Å²) in [5.74, 6) is -0.169. The summed E-state index contributed by atoms with van der Waals surface area (Å²) in [6.07, 6.45) is 1.83. The van der Waals surface area contributed by atoms with Crippen LogP contribution in [0.15, 0.2) is 71.1 Å². The Labute approximate surface area is 189 Å². The highest BCUT2D eigenvalue weighted by molar-refractivity contribution is 8.00. The highest BCUT2D eigenvalue weighted by Gasteiger charge is 2.25. The van der Waals surface area contributed by atoms with Gasteiger partial charge < -0.3 is 4.90 Å². The third kappa shape index (κ3) is 5.16. The summed E-state index contributed by atoms with van der Waals surface area (Å²) >= 11 is 7.28. The summed E-state index contributed by atoms with van der Waals surface area (Å²) < 4.78 is 1.50. The number of halogens is 1. The highest BCUT2D eigenvalue weighted by Crippen LogP contribution is 2.27. The normalized spacial score (nSPS) is 11.6. The van der Waals surface area contributed by atoms with Gasteiger partial charge in [-0.15, -0.1) is 6.58 Å². The maximum Gasteiger partial charge on any atom is 0.262 e. The molecule has 8 heteroatoms. The molecule has 6 nitrogen and oxygen atoms in total. The van der Waals surface area contributed by atoms with Gasteiger partial charge in [-0.1, -0.05) is 47.6 Å². The number of anilines is 1. The van der Waals surface area contributed by atoms with Gasteiger partial charge in [-0.2, -0.15) is 5.26 Å². The van der Waals surface area contributed by atoms with Crippen molar-refractivity contribution in [2.75, 3.05) is 11.4 Å². The van der Waals surface area contributed by atoms with E-state index in [-0.39, 0.29) is 31.0 Å². The highest BCUT2D eigenvalue weighted by atomic mass is 35.5. The molecule has 1 heterocycles. The second-order valence-electron chi connectivity index (χ2n) is 6.75. The number of benzene rings is 2. The van der Waals surface area contributed by atoms with Gasteiger partial charge in [0, 0.05) is 23.8 Å². The topological polar surface area (TPSA) is 79.0 Å². The molecular weight excluding hydrogens is 432 g/mol. The van der Waals surface area contributed by atoms with E-state index in [0.29, 0.717) is 21.1 Å². The van der Waals surface area contributed by atoms with E-state index in [9.17, 15) is 9.59 Å². The summed E-state index contributed by atoms with van der Waals surface area (Å²) in [5.41, 5.74) is 0.981. The molecule has 0 spiro atoms. The van der Waals surface area contributed by atoms with E-state index in [1.54, 1.807) is 36.1 Å². The van der Waals surface area contributed by atoms with Crippen LogP contribution in [-0.2, 0) is 11.3 Å². The number of nitriles is 1. The quantitative estimate of drug-likeness (QED) is 0.282. The number of nitrogens with zero attached hydrogens (tertiary/aromatic N) is 4. The zero-order chi connectivity index (χ0) is 22.4. The first-order chi connectivity index (χ1) is 15.0. The minimum absolute atomic E-state index is 0.169. The Bertz CT molecular complexity index is 1200. The van der Waals surface area contributed by atoms with E-state index in [1.165, 1.54) is 16.3 Å².